The predicted molar refractivity (Wildman–Crippen MR) is 120 cm³/mol. The summed E-state index contributed by atoms with van der Waals surface area (Å²) in [6.07, 6.45) is 4.74. The molecule has 6 nitrogen and oxygen atoms in total. The average molecular weight is 416 g/mol. The first-order valence-corrected chi connectivity index (χ1v) is 10.2. The Hall–Kier alpha value is -3.80. The fourth-order valence-corrected chi connectivity index (χ4v) is 3.59. The molecule has 0 fully saturated rings. The summed E-state index contributed by atoms with van der Waals surface area (Å²) in [6.45, 7) is 1.96. The van der Waals surface area contributed by atoms with E-state index in [1.165, 1.54) is 4.57 Å². The summed E-state index contributed by atoms with van der Waals surface area (Å²) in [7, 11) is 1.59. The number of furan rings is 1. The van der Waals surface area contributed by atoms with Crippen molar-refractivity contribution in [3.8, 4) is 11.4 Å². The average Bonchev–Trinajstić information content (AvgIpc) is 3.32. The summed E-state index contributed by atoms with van der Waals surface area (Å²) in [4.78, 5) is 26.3. The first kappa shape index (κ1) is 20.5. The molecule has 6 heteroatoms. The third-order valence-corrected chi connectivity index (χ3v) is 5.30. The molecule has 0 radical (unpaired) electrons. The van der Waals surface area contributed by atoms with Gasteiger partial charge in [0.1, 0.15) is 11.5 Å². The van der Waals surface area contributed by atoms with Crippen LogP contribution in [0.2, 0.25) is 0 Å². The number of nitrogens with zero attached hydrogens (tertiary/aromatic N) is 1. The highest BCUT2D eigenvalue weighted by Crippen LogP contribution is 2.20. The summed E-state index contributed by atoms with van der Waals surface area (Å²) in [5.41, 5.74) is 0.940. The van der Waals surface area contributed by atoms with Gasteiger partial charge in [-0.15, -0.1) is 0 Å². The van der Waals surface area contributed by atoms with Gasteiger partial charge in [-0.1, -0.05) is 18.2 Å². The van der Waals surface area contributed by atoms with Crippen LogP contribution in [0.3, 0.4) is 0 Å². The van der Waals surface area contributed by atoms with Crippen LogP contribution in [0.25, 0.3) is 16.5 Å². The van der Waals surface area contributed by atoms with E-state index in [1.54, 1.807) is 62.0 Å². The van der Waals surface area contributed by atoms with Crippen LogP contribution in [0.5, 0.6) is 5.75 Å². The standard InChI is InChI=1S/C25H24N2O4/c1-17(9-12-20-6-5-15-31-20)26-24(28)23-16-27(18-10-13-19(30-2)14-11-18)25(29)22-8-4-3-7-21(22)23/h3-8,10-11,13-17H,9,12H2,1-2H3,(H,26,28)/t17-/m0/s1. The van der Waals surface area contributed by atoms with Crippen molar-refractivity contribution >= 4 is 16.7 Å². The van der Waals surface area contributed by atoms with Crippen molar-refractivity contribution in [3.05, 3.63) is 94.8 Å². The SMILES string of the molecule is COc1ccc(-n2cc(C(=O)N[C@@H](C)CCc3ccco3)c3ccccc3c2=O)cc1. The molecule has 2 aromatic heterocycles. The van der Waals surface area contributed by atoms with Crippen molar-refractivity contribution < 1.29 is 13.9 Å². The van der Waals surface area contributed by atoms with Crippen molar-refractivity contribution in [3.63, 3.8) is 0 Å². The number of nitrogens with one attached hydrogen (secondary N) is 1. The number of benzene rings is 2. The second-order valence-corrected chi connectivity index (χ2v) is 7.45. The molecule has 0 spiro atoms. The summed E-state index contributed by atoms with van der Waals surface area (Å²) < 4.78 is 12.1. The monoisotopic (exact) mass is 416 g/mol. The summed E-state index contributed by atoms with van der Waals surface area (Å²) >= 11 is 0. The molecular formula is C25H24N2O4. The number of hydrogen-bond acceptors (Lipinski definition) is 4. The summed E-state index contributed by atoms with van der Waals surface area (Å²) in [5, 5.41) is 4.18. The summed E-state index contributed by atoms with van der Waals surface area (Å²) in [6, 6.07) is 18.1. The van der Waals surface area contributed by atoms with E-state index in [9.17, 15) is 9.59 Å². The van der Waals surface area contributed by atoms with Gasteiger partial charge in [0, 0.05) is 35.1 Å². The first-order chi connectivity index (χ1) is 15.1. The summed E-state index contributed by atoms with van der Waals surface area (Å²) in [5.74, 6) is 1.37. The van der Waals surface area contributed by atoms with Gasteiger partial charge in [0.25, 0.3) is 11.5 Å². The second-order valence-electron chi connectivity index (χ2n) is 7.45. The quantitative estimate of drug-likeness (QED) is 0.486. The molecule has 0 saturated heterocycles. The highest BCUT2D eigenvalue weighted by molar-refractivity contribution is 6.06. The number of rotatable bonds is 7. The van der Waals surface area contributed by atoms with Crippen LogP contribution in [0.1, 0.15) is 29.5 Å². The Labute approximate surface area is 180 Å². The molecule has 4 aromatic rings. The topological polar surface area (TPSA) is 73.5 Å². The maximum Gasteiger partial charge on any atom is 0.262 e. The molecule has 2 heterocycles. The Morgan fingerprint density at radius 1 is 1.06 bits per heavy atom. The van der Waals surface area contributed by atoms with E-state index >= 15 is 0 Å². The van der Waals surface area contributed by atoms with Gasteiger partial charge in [-0.2, -0.15) is 0 Å². The Kier molecular flexibility index (Phi) is 5.89. The van der Waals surface area contributed by atoms with Crippen LogP contribution in [-0.2, 0) is 6.42 Å². The lowest BCUT2D eigenvalue weighted by atomic mass is 10.1. The smallest absolute Gasteiger partial charge is 0.262 e. The number of pyridine rings is 1. The molecule has 1 amide bonds. The van der Waals surface area contributed by atoms with E-state index in [0.717, 1.165) is 18.6 Å². The van der Waals surface area contributed by atoms with Gasteiger partial charge in [-0.25, -0.2) is 0 Å². The van der Waals surface area contributed by atoms with Crippen LogP contribution in [0.15, 0.2) is 82.3 Å². The van der Waals surface area contributed by atoms with Crippen molar-refractivity contribution in [2.45, 2.75) is 25.8 Å². The molecule has 0 aliphatic carbocycles. The Balaban J connectivity index is 1.66. The lowest BCUT2D eigenvalue weighted by Crippen LogP contribution is -2.34. The van der Waals surface area contributed by atoms with Crippen molar-refractivity contribution in [1.82, 2.24) is 9.88 Å². The lowest BCUT2D eigenvalue weighted by molar-refractivity contribution is 0.0939. The predicted octanol–water partition coefficient (Wildman–Crippen LogP) is 4.34. The number of fused-ring (bicyclic) bond motifs is 1. The largest absolute Gasteiger partial charge is 0.497 e. The van der Waals surface area contributed by atoms with E-state index in [4.69, 9.17) is 9.15 Å². The number of methoxy groups -OCH3 is 1. The minimum Gasteiger partial charge on any atom is -0.497 e. The van der Waals surface area contributed by atoms with Crippen LogP contribution in [-0.4, -0.2) is 23.6 Å². The van der Waals surface area contributed by atoms with E-state index in [2.05, 4.69) is 5.32 Å². The van der Waals surface area contributed by atoms with Gasteiger partial charge in [-0.05, 0) is 55.8 Å². The highest BCUT2D eigenvalue weighted by Gasteiger charge is 2.17. The molecule has 0 bridgehead atoms. The molecule has 2 aromatic carbocycles. The normalized spacial score (nSPS) is 11.9. The number of carbonyl (C=O) groups is 1. The minimum absolute atomic E-state index is 0.0577. The maximum absolute atomic E-state index is 13.2. The Morgan fingerprint density at radius 2 is 1.81 bits per heavy atom. The fourth-order valence-electron chi connectivity index (χ4n) is 3.59. The Bertz CT molecular complexity index is 1240. The van der Waals surface area contributed by atoms with Gasteiger partial charge < -0.3 is 14.5 Å². The molecule has 158 valence electrons. The lowest BCUT2D eigenvalue weighted by Gasteiger charge is -2.16. The molecular weight excluding hydrogens is 392 g/mol. The van der Waals surface area contributed by atoms with Gasteiger partial charge >= 0.3 is 0 Å². The van der Waals surface area contributed by atoms with Crippen molar-refractivity contribution in [1.29, 1.82) is 0 Å². The Morgan fingerprint density at radius 3 is 2.48 bits per heavy atom. The molecule has 31 heavy (non-hydrogen) atoms. The first-order valence-electron chi connectivity index (χ1n) is 10.2. The van der Waals surface area contributed by atoms with E-state index in [0.29, 0.717) is 27.8 Å². The van der Waals surface area contributed by atoms with Crippen molar-refractivity contribution in [2.75, 3.05) is 7.11 Å². The number of hydrogen-bond donors (Lipinski definition) is 1. The molecule has 1 atom stereocenters. The molecule has 0 saturated carbocycles. The number of ether oxygens (including phenoxy) is 1. The molecule has 0 unspecified atom stereocenters. The maximum atomic E-state index is 13.2. The van der Waals surface area contributed by atoms with E-state index in [-0.39, 0.29) is 17.5 Å². The minimum atomic E-state index is -0.217. The third-order valence-electron chi connectivity index (χ3n) is 5.30. The number of aromatic nitrogens is 1. The van der Waals surface area contributed by atoms with E-state index < -0.39 is 0 Å². The number of carbonyl (C=O) groups excluding carboxylic acids is 1. The van der Waals surface area contributed by atoms with Crippen molar-refractivity contribution in [2.24, 2.45) is 0 Å². The fraction of sp³-hybridized carbons (Fsp3) is 0.200. The van der Waals surface area contributed by atoms with Crippen LogP contribution >= 0.6 is 0 Å². The zero-order valence-electron chi connectivity index (χ0n) is 17.5. The molecule has 0 aliphatic rings. The zero-order valence-corrected chi connectivity index (χ0v) is 17.5. The molecule has 0 aliphatic heterocycles. The van der Waals surface area contributed by atoms with Crippen LogP contribution < -0.4 is 15.6 Å². The van der Waals surface area contributed by atoms with Gasteiger partial charge in [0.15, 0.2) is 0 Å². The van der Waals surface area contributed by atoms with Gasteiger partial charge in [0.2, 0.25) is 0 Å². The number of amides is 1. The zero-order chi connectivity index (χ0) is 21.8. The van der Waals surface area contributed by atoms with E-state index in [1.807, 2.05) is 25.1 Å². The van der Waals surface area contributed by atoms with Crippen LogP contribution in [0, 0.1) is 0 Å². The van der Waals surface area contributed by atoms with Gasteiger partial charge in [0.05, 0.1) is 18.9 Å². The third kappa shape index (κ3) is 4.38. The second kappa shape index (κ2) is 8.92. The molecule has 4 rings (SSSR count). The van der Waals surface area contributed by atoms with Gasteiger partial charge in [-0.3, -0.25) is 14.2 Å². The number of aryl methyl sites for hydroxylation is 1. The highest BCUT2D eigenvalue weighted by atomic mass is 16.5. The van der Waals surface area contributed by atoms with Crippen LogP contribution in [0.4, 0.5) is 0 Å². The molecule has 1 N–H and O–H groups in total.